The minimum atomic E-state index is -0.0636. The Kier molecular flexibility index (Phi) is 4.30. The van der Waals surface area contributed by atoms with E-state index in [1.54, 1.807) is 12.4 Å². The topological polar surface area (TPSA) is 93.2 Å². The van der Waals surface area contributed by atoms with Crippen LogP contribution < -0.4 is 4.90 Å². The third-order valence-corrected chi connectivity index (χ3v) is 5.48. The Morgan fingerprint density at radius 1 is 1.03 bits per heavy atom. The summed E-state index contributed by atoms with van der Waals surface area (Å²) < 4.78 is 7.15. The molecule has 1 amide bonds. The van der Waals surface area contributed by atoms with E-state index in [0.717, 1.165) is 41.6 Å². The zero-order chi connectivity index (χ0) is 20.0. The van der Waals surface area contributed by atoms with Crippen molar-refractivity contribution >= 4 is 11.7 Å². The van der Waals surface area contributed by atoms with Crippen LogP contribution >= 0.6 is 0 Å². The average molecular weight is 393 g/mol. The fraction of sp³-hybridized carbons (Fsp3) is 0.450. The minimum absolute atomic E-state index is 0.0636. The summed E-state index contributed by atoms with van der Waals surface area (Å²) in [5.74, 6) is 2.81. The molecule has 2 aliphatic rings. The van der Waals surface area contributed by atoms with Crippen LogP contribution in [-0.2, 0) is 0 Å². The van der Waals surface area contributed by atoms with Gasteiger partial charge in [0.15, 0.2) is 11.5 Å². The maximum atomic E-state index is 12.7. The molecular weight excluding hydrogens is 370 g/mol. The van der Waals surface area contributed by atoms with Crippen LogP contribution in [0.1, 0.15) is 46.4 Å². The third-order valence-electron chi connectivity index (χ3n) is 5.48. The Hall–Kier alpha value is -3.23. The second-order valence-corrected chi connectivity index (χ2v) is 7.74. The largest absolute Gasteiger partial charge is 0.360 e. The number of rotatable bonds is 4. The molecule has 0 atom stereocenters. The maximum absolute atomic E-state index is 12.7. The van der Waals surface area contributed by atoms with Crippen LogP contribution in [0.15, 0.2) is 29.0 Å². The smallest absolute Gasteiger partial charge is 0.276 e. The molecule has 1 saturated carbocycles. The van der Waals surface area contributed by atoms with Gasteiger partial charge >= 0.3 is 0 Å². The van der Waals surface area contributed by atoms with Crippen molar-refractivity contribution in [3.05, 3.63) is 47.4 Å². The second-order valence-electron chi connectivity index (χ2n) is 7.74. The molecule has 4 heterocycles. The second kappa shape index (κ2) is 6.98. The van der Waals surface area contributed by atoms with Crippen LogP contribution in [0.4, 0.5) is 5.82 Å². The van der Waals surface area contributed by atoms with Crippen molar-refractivity contribution in [3.63, 3.8) is 0 Å². The van der Waals surface area contributed by atoms with Gasteiger partial charge in [-0.05, 0) is 32.8 Å². The number of amides is 1. The van der Waals surface area contributed by atoms with Crippen LogP contribution in [0.5, 0.6) is 0 Å². The van der Waals surface area contributed by atoms with E-state index < -0.39 is 0 Å². The first kappa shape index (κ1) is 17.8. The van der Waals surface area contributed by atoms with Gasteiger partial charge in [0.25, 0.3) is 5.91 Å². The maximum Gasteiger partial charge on any atom is 0.276 e. The molecule has 0 spiro atoms. The van der Waals surface area contributed by atoms with Crippen LogP contribution in [0.2, 0.25) is 0 Å². The van der Waals surface area contributed by atoms with Crippen molar-refractivity contribution in [2.24, 2.45) is 0 Å². The van der Waals surface area contributed by atoms with Crippen molar-refractivity contribution in [2.45, 2.75) is 32.6 Å². The molecule has 9 nitrogen and oxygen atoms in total. The van der Waals surface area contributed by atoms with Crippen molar-refractivity contribution in [1.29, 1.82) is 0 Å². The molecule has 0 bridgehead atoms. The summed E-state index contributed by atoms with van der Waals surface area (Å²) in [4.78, 5) is 25.5. The monoisotopic (exact) mass is 393 g/mol. The van der Waals surface area contributed by atoms with E-state index in [2.05, 4.69) is 25.1 Å². The van der Waals surface area contributed by atoms with Gasteiger partial charge in [0, 0.05) is 49.9 Å². The van der Waals surface area contributed by atoms with Gasteiger partial charge in [-0.15, -0.1) is 0 Å². The fourth-order valence-electron chi connectivity index (χ4n) is 3.74. The molecule has 2 fully saturated rings. The lowest BCUT2D eigenvalue weighted by molar-refractivity contribution is 0.0736. The highest BCUT2D eigenvalue weighted by Crippen LogP contribution is 2.40. The zero-order valence-corrected chi connectivity index (χ0v) is 16.6. The summed E-state index contributed by atoms with van der Waals surface area (Å²) in [6.07, 6.45) is 3.81. The highest BCUT2D eigenvalue weighted by atomic mass is 16.5. The molecule has 3 aromatic rings. The lowest BCUT2D eigenvalue weighted by Crippen LogP contribution is -2.49. The van der Waals surface area contributed by atoms with E-state index in [1.165, 1.54) is 0 Å². The van der Waals surface area contributed by atoms with Crippen molar-refractivity contribution in [2.75, 3.05) is 31.1 Å². The summed E-state index contributed by atoms with van der Waals surface area (Å²) in [6, 6.07) is 5.76. The normalized spacial score (nSPS) is 17.0. The third kappa shape index (κ3) is 3.48. The first-order valence-corrected chi connectivity index (χ1v) is 9.95. The molecule has 0 unspecified atom stereocenters. The van der Waals surface area contributed by atoms with Crippen LogP contribution in [-0.4, -0.2) is 61.9 Å². The lowest BCUT2D eigenvalue weighted by Gasteiger charge is -2.35. The van der Waals surface area contributed by atoms with Gasteiger partial charge in [-0.3, -0.25) is 4.79 Å². The number of anilines is 1. The molecule has 0 radical (unpaired) electrons. The van der Waals surface area contributed by atoms with E-state index >= 15 is 0 Å². The number of piperazine rings is 1. The Morgan fingerprint density at radius 2 is 1.79 bits per heavy atom. The van der Waals surface area contributed by atoms with Gasteiger partial charge in [0.05, 0.1) is 5.69 Å². The van der Waals surface area contributed by atoms with Crippen LogP contribution in [0.25, 0.3) is 5.82 Å². The van der Waals surface area contributed by atoms with E-state index in [9.17, 15) is 4.79 Å². The standard InChI is InChI=1S/C20H23N7O2/c1-13-9-14(2)27(23-13)19-11-18(21-12-22-19)25-5-7-26(8-6-25)20(28)16-10-17(29-24-16)15-3-4-15/h9-12,15H,3-8H2,1-2H3. The van der Waals surface area contributed by atoms with Crippen molar-refractivity contribution < 1.29 is 9.32 Å². The first-order valence-electron chi connectivity index (χ1n) is 9.95. The number of aromatic nitrogens is 5. The SMILES string of the molecule is Cc1cc(C)n(-c2cc(N3CCN(C(=O)c4cc(C5CC5)on4)CC3)ncn2)n1. The summed E-state index contributed by atoms with van der Waals surface area (Å²) in [6.45, 7) is 6.60. The number of aryl methyl sites for hydroxylation is 2. The Labute approximate surface area is 168 Å². The Morgan fingerprint density at radius 3 is 2.48 bits per heavy atom. The Bertz CT molecular complexity index is 1040. The van der Waals surface area contributed by atoms with E-state index in [1.807, 2.05) is 35.6 Å². The summed E-state index contributed by atoms with van der Waals surface area (Å²) in [5, 5.41) is 8.47. The molecule has 29 heavy (non-hydrogen) atoms. The zero-order valence-electron chi connectivity index (χ0n) is 16.6. The molecule has 9 heteroatoms. The van der Waals surface area contributed by atoms with E-state index in [4.69, 9.17) is 4.52 Å². The van der Waals surface area contributed by atoms with Gasteiger partial charge < -0.3 is 14.3 Å². The number of hydrogen-bond acceptors (Lipinski definition) is 7. The molecule has 5 rings (SSSR count). The Balaban J connectivity index is 1.26. The summed E-state index contributed by atoms with van der Waals surface area (Å²) >= 11 is 0. The minimum Gasteiger partial charge on any atom is -0.360 e. The van der Waals surface area contributed by atoms with Crippen molar-refractivity contribution in [1.82, 2.24) is 29.8 Å². The number of nitrogens with zero attached hydrogens (tertiary/aromatic N) is 7. The van der Waals surface area contributed by atoms with Gasteiger partial charge in [0.1, 0.15) is 17.9 Å². The number of carbonyl (C=O) groups excluding carboxylic acids is 1. The predicted octanol–water partition coefficient (Wildman–Crippen LogP) is 2.11. The first-order chi connectivity index (χ1) is 14.1. The highest BCUT2D eigenvalue weighted by Gasteiger charge is 2.31. The molecule has 0 aromatic carbocycles. The van der Waals surface area contributed by atoms with Gasteiger partial charge in [-0.1, -0.05) is 5.16 Å². The highest BCUT2D eigenvalue weighted by molar-refractivity contribution is 5.92. The van der Waals surface area contributed by atoms with Crippen molar-refractivity contribution in [3.8, 4) is 5.82 Å². The molecule has 1 saturated heterocycles. The molecule has 150 valence electrons. The summed E-state index contributed by atoms with van der Waals surface area (Å²) in [7, 11) is 0. The van der Waals surface area contributed by atoms with Crippen LogP contribution in [0.3, 0.4) is 0 Å². The number of carbonyl (C=O) groups is 1. The molecule has 1 aliphatic heterocycles. The fourth-order valence-corrected chi connectivity index (χ4v) is 3.74. The van der Waals surface area contributed by atoms with Gasteiger partial charge in [-0.2, -0.15) is 5.10 Å². The molecule has 3 aromatic heterocycles. The quantitative estimate of drug-likeness (QED) is 0.670. The molecular formula is C20H23N7O2. The molecule has 1 aliphatic carbocycles. The average Bonchev–Trinajstić information content (AvgIpc) is 3.37. The van der Waals surface area contributed by atoms with Gasteiger partial charge in [0.2, 0.25) is 0 Å². The van der Waals surface area contributed by atoms with Gasteiger partial charge in [-0.25, -0.2) is 14.6 Å². The predicted molar refractivity (Wildman–Crippen MR) is 105 cm³/mol. The molecule has 0 N–H and O–H groups in total. The number of hydrogen-bond donors (Lipinski definition) is 0. The van der Waals surface area contributed by atoms with Crippen LogP contribution in [0, 0.1) is 13.8 Å². The summed E-state index contributed by atoms with van der Waals surface area (Å²) in [5.41, 5.74) is 2.39. The lowest BCUT2D eigenvalue weighted by atomic mass is 10.2. The van der Waals surface area contributed by atoms with E-state index in [-0.39, 0.29) is 5.91 Å². The van der Waals surface area contributed by atoms with E-state index in [0.29, 0.717) is 37.8 Å².